The number of nitrogens with one attached hydrogen (secondary N) is 1. The van der Waals surface area contributed by atoms with Crippen molar-refractivity contribution in [3.05, 3.63) is 35.2 Å². The normalized spacial score (nSPS) is 14.1. The van der Waals surface area contributed by atoms with Crippen molar-refractivity contribution < 1.29 is 14.2 Å². The fourth-order valence-corrected chi connectivity index (χ4v) is 2.76. The first-order valence-corrected chi connectivity index (χ1v) is 7.77. The van der Waals surface area contributed by atoms with Gasteiger partial charge in [0.2, 0.25) is 12.5 Å². The number of rotatable bonds is 6. The van der Waals surface area contributed by atoms with Gasteiger partial charge in [-0.25, -0.2) is 0 Å². The third kappa shape index (κ3) is 3.42. The molecule has 0 spiro atoms. The van der Waals surface area contributed by atoms with Crippen LogP contribution in [-0.4, -0.2) is 29.7 Å². The van der Waals surface area contributed by atoms with Crippen LogP contribution in [0, 0.1) is 13.8 Å². The highest BCUT2D eigenvalue weighted by Gasteiger charge is 2.20. The van der Waals surface area contributed by atoms with Gasteiger partial charge < -0.3 is 19.5 Å². The maximum Gasteiger partial charge on any atom is 0.231 e. The molecule has 1 aliphatic rings. The summed E-state index contributed by atoms with van der Waals surface area (Å²) in [4.78, 5) is 0. The molecular weight excluding hydrogens is 294 g/mol. The van der Waals surface area contributed by atoms with Crippen molar-refractivity contribution in [2.24, 2.45) is 0 Å². The molecule has 6 nitrogen and oxygen atoms in total. The molecule has 0 bridgehead atoms. The lowest BCUT2D eigenvalue weighted by molar-refractivity contribution is 0.171. The molecule has 0 radical (unpaired) electrons. The van der Waals surface area contributed by atoms with E-state index in [1.807, 2.05) is 23.7 Å². The Morgan fingerprint density at radius 2 is 2.13 bits per heavy atom. The predicted molar refractivity (Wildman–Crippen MR) is 87.1 cm³/mol. The largest absolute Gasteiger partial charge is 0.493 e. The SMILES string of the molecule is COc1cc(CNC(C)Cn2nc(C)cc2C)cc2c1OCO2. The third-order valence-electron chi connectivity index (χ3n) is 3.92. The first kappa shape index (κ1) is 15.7. The fourth-order valence-electron chi connectivity index (χ4n) is 2.76. The number of ether oxygens (including phenoxy) is 3. The molecule has 0 saturated heterocycles. The Morgan fingerprint density at radius 1 is 1.30 bits per heavy atom. The molecule has 6 heteroatoms. The zero-order valence-electron chi connectivity index (χ0n) is 14.0. The molecule has 23 heavy (non-hydrogen) atoms. The molecule has 0 fully saturated rings. The zero-order chi connectivity index (χ0) is 16.4. The Bertz CT molecular complexity index is 697. The van der Waals surface area contributed by atoms with Gasteiger partial charge in [0.15, 0.2) is 11.5 Å². The summed E-state index contributed by atoms with van der Waals surface area (Å²) in [5, 5.41) is 8.01. The summed E-state index contributed by atoms with van der Waals surface area (Å²) in [5.74, 6) is 2.14. The minimum atomic E-state index is 0.247. The van der Waals surface area contributed by atoms with Gasteiger partial charge in [0.25, 0.3) is 0 Å². The monoisotopic (exact) mass is 317 g/mol. The van der Waals surface area contributed by atoms with Crippen molar-refractivity contribution >= 4 is 0 Å². The lowest BCUT2D eigenvalue weighted by Gasteiger charge is -2.16. The summed E-state index contributed by atoms with van der Waals surface area (Å²) in [6.45, 7) is 8.06. The highest BCUT2D eigenvalue weighted by atomic mass is 16.7. The Labute approximate surface area is 136 Å². The Hall–Kier alpha value is -2.21. The summed E-state index contributed by atoms with van der Waals surface area (Å²) in [5.41, 5.74) is 3.34. The average Bonchev–Trinajstić information content (AvgIpc) is 3.10. The van der Waals surface area contributed by atoms with Crippen LogP contribution in [0.4, 0.5) is 0 Å². The fraction of sp³-hybridized carbons (Fsp3) is 0.471. The molecule has 0 saturated carbocycles. The van der Waals surface area contributed by atoms with Crippen LogP contribution in [0.5, 0.6) is 17.2 Å². The van der Waals surface area contributed by atoms with Crippen molar-refractivity contribution in [3.63, 3.8) is 0 Å². The van der Waals surface area contributed by atoms with E-state index in [0.717, 1.165) is 30.1 Å². The molecule has 2 aromatic rings. The van der Waals surface area contributed by atoms with Crippen molar-refractivity contribution in [1.29, 1.82) is 0 Å². The average molecular weight is 317 g/mol. The number of aromatic nitrogens is 2. The van der Waals surface area contributed by atoms with E-state index >= 15 is 0 Å². The Kier molecular flexibility index (Phi) is 4.43. The molecule has 3 rings (SSSR count). The summed E-state index contributed by atoms with van der Waals surface area (Å²) >= 11 is 0. The van der Waals surface area contributed by atoms with E-state index in [0.29, 0.717) is 17.5 Å². The maximum absolute atomic E-state index is 5.46. The molecular formula is C17H23N3O3. The molecule has 1 aliphatic heterocycles. The number of fused-ring (bicyclic) bond motifs is 1. The van der Waals surface area contributed by atoms with E-state index in [4.69, 9.17) is 14.2 Å². The predicted octanol–water partition coefficient (Wildman–Crippen LogP) is 2.42. The molecule has 1 aromatic heterocycles. The van der Waals surface area contributed by atoms with E-state index in [-0.39, 0.29) is 6.79 Å². The molecule has 1 N–H and O–H groups in total. The Balaban J connectivity index is 1.63. The molecule has 1 unspecified atom stereocenters. The van der Waals surface area contributed by atoms with Crippen LogP contribution in [0.2, 0.25) is 0 Å². The third-order valence-corrected chi connectivity index (χ3v) is 3.92. The molecule has 1 aromatic carbocycles. The standard InChI is InChI=1S/C17H23N3O3/c1-11-5-13(3)20(19-11)9-12(2)18-8-14-6-15(21-4)17-16(7-14)22-10-23-17/h5-7,12,18H,8-10H2,1-4H3. The number of methoxy groups -OCH3 is 1. The molecule has 124 valence electrons. The number of nitrogens with zero attached hydrogens (tertiary/aromatic N) is 2. The van der Waals surface area contributed by atoms with Crippen LogP contribution in [0.1, 0.15) is 23.9 Å². The van der Waals surface area contributed by atoms with Gasteiger partial charge in [-0.1, -0.05) is 0 Å². The van der Waals surface area contributed by atoms with Gasteiger partial charge in [0.1, 0.15) is 0 Å². The van der Waals surface area contributed by atoms with Crippen LogP contribution < -0.4 is 19.5 Å². The van der Waals surface area contributed by atoms with Crippen LogP contribution in [0.3, 0.4) is 0 Å². The summed E-state index contributed by atoms with van der Waals surface area (Å²) in [6, 6.07) is 6.37. The van der Waals surface area contributed by atoms with Gasteiger partial charge in [0.05, 0.1) is 19.3 Å². The van der Waals surface area contributed by atoms with E-state index in [2.05, 4.69) is 30.3 Å². The molecule has 2 heterocycles. The summed E-state index contributed by atoms with van der Waals surface area (Å²) < 4.78 is 18.3. The second-order valence-electron chi connectivity index (χ2n) is 5.92. The van der Waals surface area contributed by atoms with Crippen LogP contribution >= 0.6 is 0 Å². The summed E-state index contributed by atoms with van der Waals surface area (Å²) in [7, 11) is 1.64. The van der Waals surface area contributed by atoms with Crippen molar-refractivity contribution in [1.82, 2.24) is 15.1 Å². The summed E-state index contributed by atoms with van der Waals surface area (Å²) in [6.07, 6.45) is 0. The molecule has 0 amide bonds. The number of benzene rings is 1. The van der Waals surface area contributed by atoms with Crippen LogP contribution in [0.25, 0.3) is 0 Å². The number of aryl methyl sites for hydroxylation is 2. The minimum absolute atomic E-state index is 0.247. The quantitative estimate of drug-likeness (QED) is 0.887. The molecule has 0 aliphatic carbocycles. The van der Waals surface area contributed by atoms with Gasteiger partial charge >= 0.3 is 0 Å². The van der Waals surface area contributed by atoms with Gasteiger partial charge in [0, 0.05) is 18.3 Å². The highest BCUT2D eigenvalue weighted by Crippen LogP contribution is 2.41. The Morgan fingerprint density at radius 3 is 2.83 bits per heavy atom. The van der Waals surface area contributed by atoms with E-state index in [9.17, 15) is 0 Å². The molecule has 1 atom stereocenters. The second kappa shape index (κ2) is 6.50. The maximum atomic E-state index is 5.46. The van der Waals surface area contributed by atoms with Crippen molar-refractivity contribution in [2.75, 3.05) is 13.9 Å². The van der Waals surface area contributed by atoms with E-state index < -0.39 is 0 Å². The lowest BCUT2D eigenvalue weighted by Crippen LogP contribution is -2.30. The first-order valence-electron chi connectivity index (χ1n) is 7.77. The van der Waals surface area contributed by atoms with Crippen LogP contribution in [-0.2, 0) is 13.1 Å². The smallest absolute Gasteiger partial charge is 0.231 e. The van der Waals surface area contributed by atoms with Crippen LogP contribution in [0.15, 0.2) is 18.2 Å². The first-order chi connectivity index (χ1) is 11.1. The van der Waals surface area contributed by atoms with Gasteiger partial charge in [-0.3, -0.25) is 4.68 Å². The van der Waals surface area contributed by atoms with E-state index in [1.54, 1.807) is 7.11 Å². The van der Waals surface area contributed by atoms with E-state index in [1.165, 1.54) is 5.69 Å². The number of hydrogen-bond acceptors (Lipinski definition) is 5. The van der Waals surface area contributed by atoms with Crippen molar-refractivity contribution in [3.8, 4) is 17.2 Å². The topological polar surface area (TPSA) is 57.5 Å². The zero-order valence-corrected chi connectivity index (χ0v) is 14.0. The van der Waals surface area contributed by atoms with Gasteiger partial charge in [-0.05, 0) is 44.5 Å². The van der Waals surface area contributed by atoms with Crippen molar-refractivity contribution in [2.45, 2.75) is 39.9 Å². The highest BCUT2D eigenvalue weighted by molar-refractivity contribution is 5.55. The lowest BCUT2D eigenvalue weighted by atomic mass is 10.1. The van der Waals surface area contributed by atoms with Gasteiger partial charge in [-0.2, -0.15) is 5.10 Å². The minimum Gasteiger partial charge on any atom is -0.493 e. The number of hydrogen-bond donors (Lipinski definition) is 1. The van der Waals surface area contributed by atoms with Gasteiger partial charge in [-0.15, -0.1) is 0 Å². The second-order valence-corrected chi connectivity index (χ2v) is 5.92.